The summed E-state index contributed by atoms with van der Waals surface area (Å²) in [5.41, 5.74) is 2.22. The molecule has 0 spiro atoms. The van der Waals surface area contributed by atoms with E-state index in [4.69, 9.17) is 9.15 Å². The van der Waals surface area contributed by atoms with E-state index in [1.54, 1.807) is 6.92 Å². The zero-order valence-electron chi connectivity index (χ0n) is 13.5. The van der Waals surface area contributed by atoms with Gasteiger partial charge in [-0.25, -0.2) is 14.6 Å². The first kappa shape index (κ1) is 15.7. The normalized spacial score (nSPS) is 15.4. The van der Waals surface area contributed by atoms with Crippen molar-refractivity contribution in [2.24, 2.45) is 4.99 Å². The van der Waals surface area contributed by atoms with Crippen molar-refractivity contribution in [1.29, 1.82) is 0 Å². The first-order valence-corrected chi connectivity index (χ1v) is 7.26. The minimum absolute atomic E-state index is 0.107. The Morgan fingerprint density at radius 1 is 1.21 bits per heavy atom. The summed E-state index contributed by atoms with van der Waals surface area (Å²) in [6.45, 7) is 3.61. The molecule has 0 unspecified atom stereocenters. The summed E-state index contributed by atoms with van der Waals surface area (Å²) in [5, 5.41) is 0. The van der Waals surface area contributed by atoms with Crippen LogP contribution in [0.1, 0.15) is 33.0 Å². The van der Waals surface area contributed by atoms with Crippen LogP contribution in [0.15, 0.2) is 45.4 Å². The molecule has 0 amide bonds. The van der Waals surface area contributed by atoms with Crippen LogP contribution in [0.25, 0.3) is 6.08 Å². The molecule has 0 saturated heterocycles. The number of nitrogens with zero attached hydrogens (tertiary/aromatic N) is 1. The Hall–Kier alpha value is -3.15. The lowest BCUT2D eigenvalue weighted by Gasteiger charge is -1.99. The predicted molar refractivity (Wildman–Crippen MR) is 86.6 cm³/mol. The van der Waals surface area contributed by atoms with Crippen molar-refractivity contribution >= 4 is 23.9 Å². The molecule has 0 fully saturated rings. The molecule has 0 N–H and O–H groups in total. The van der Waals surface area contributed by atoms with Crippen molar-refractivity contribution < 1.29 is 23.5 Å². The standard InChI is InChI=1S/C18H15NO5/c1-10-4-6-12(7-5-10)16-19-15(18(21)24-16)9-13-8-14(11(2)23-13)17(20)22-3/h4-9H,1-3H3/b15-9+. The second-order valence-corrected chi connectivity index (χ2v) is 5.31. The van der Waals surface area contributed by atoms with E-state index in [-0.39, 0.29) is 11.6 Å². The number of benzene rings is 1. The molecule has 0 aliphatic carbocycles. The van der Waals surface area contributed by atoms with E-state index in [1.165, 1.54) is 19.3 Å². The van der Waals surface area contributed by atoms with Gasteiger partial charge in [0.2, 0.25) is 5.90 Å². The molecule has 0 atom stereocenters. The molecule has 2 aromatic rings. The minimum Gasteiger partial charge on any atom is -0.465 e. The lowest BCUT2D eigenvalue weighted by Crippen LogP contribution is -2.05. The average molecular weight is 325 g/mol. The molecule has 1 aromatic carbocycles. The van der Waals surface area contributed by atoms with Gasteiger partial charge in [-0.3, -0.25) is 0 Å². The van der Waals surface area contributed by atoms with Crippen LogP contribution in [0.4, 0.5) is 0 Å². The molecule has 1 aliphatic heterocycles. The Kier molecular flexibility index (Phi) is 4.04. The first-order chi connectivity index (χ1) is 11.5. The monoisotopic (exact) mass is 325 g/mol. The number of aryl methyl sites for hydroxylation is 2. The van der Waals surface area contributed by atoms with Gasteiger partial charge >= 0.3 is 11.9 Å². The number of hydrogen-bond donors (Lipinski definition) is 0. The Morgan fingerprint density at radius 2 is 1.92 bits per heavy atom. The van der Waals surface area contributed by atoms with Crippen molar-refractivity contribution in [3.8, 4) is 0 Å². The molecular weight excluding hydrogens is 310 g/mol. The van der Waals surface area contributed by atoms with Gasteiger partial charge in [0.25, 0.3) is 0 Å². The van der Waals surface area contributed by atoms with Gasteiger partial charge in [-0.2, -0.15) is 0 Å². The number of hydrogen-bond acceptors (Lipinski definition) is 6. The van der Waals surface area contributed by atoms with E-state index in [0.717, 1.165) is 5.56 Å². The summed E-state index contributed by atoms with van der Waals surface area (Å²) in [5.74, 6) is -0.0998. The molecule has 0 bridgehead atoms. The number of rotatable bonds is 3. The lowest BCUT2D eigenvalue weighted by atomic mass is 10.1. The Morgan fingerprint density at radius 3 is 2.58 bits per heavy atom. The topological polar surface area (TPSA) is 78.1 Å². The second-order valence-electron chi connectivity index (χ2n) is 5.31. The zero-order valence-corrected chi connectivity index (χ0v) is 13.5. The third-order valence-electron chi connectivity index (χ3n) is 3.54. The molecule has 0 radical (unpaired) electrons. The third kappa shape index (κ3) is 2.99. The fourth-order valence-corrected chi connectivity index (χ4v) is 2.25. The van der Waals surface area contributed by atoms with Gasteiger partial charge in [-0.1, -0.05) is 17.7 Å². The van der Waals surface area contributed by atoms with Gasteiger partial charge in [0.05, 0.1) is 7.11 Å². The Bertz CT molecular complexity index is 871. The smallest absolute Gasteiger partial charge is 0.363 e. The van der Waals surface area contributed by atoms with Gasteiger partial charge in [0.1, 0.15) is 17.1 Å². The predicted octanol–water partition coefficient (Wildman–Crippen LogP) is 3.03. The molecule has 1 aromatic heterocycles. The fourth-order valence-electron chi connectivity index (χ4n) is 2.25. The number of cyclic esters (lactones) is 1. The zero-order chi connectivity index (χ0) is 17.3. The maximum Gasteiger partial charge on any atom is 0.363 e. The summed E-state index contributed by atoms with van der Waals surface area (Å²) in [6.07, 6.45) is 1.43. The SMILES string of the molecule is COC(=O)c1cc(/C=C2/N=C(c3ccc(C)cc3)OC2=O)oc1C. The summed E-state index contributed by atoms with van der Waals surface area (Å²) >= 11 is 0. The van der Waals surface area contributed by atoms with E-state index >= 15 is 0 Å². The molecule has 0 saturated carbocycles. The van der Waals surface area contributed by atoms with Crippen LogP contribution in [0, 0.1) is 13.8 Å². The third-order valence-corrected chi connectivity index (χ3v) is 3.54. The summed E-state index contributed by atoms with van der Waals surface area (Å²) in [4.78, 5) is 27.8. The maximum atomic E-state index is 12.0. The van der Waals surface area contributed by atoms with Crippen LogP contribution in [0.3, 0.4) is 0 Å². The highest BCUT2D eigenvalue weighted by Gasteiger charge is 2.25. The fraction of sp³-hybridized carbons (Fsp3) is 0.167. The molecule has 1 aliphatic rings. The van der Waals surface area contributed by atoms with Crippen molar-refractivity contribution in [3.63, 3.8) is 0 Å². The lowest BCUT2D eigenvalue weighted by molar-refractivity contribution is -0.129. The van der Waals surface area contributed by atoms with Gasteiger partial charge in [-0.15, -0.1) is 0 Å². The highest BCUT2D eigenvalue weighted by molar-refractivity contribution is 6.12. The van der Waals surface area contributed by atoms with E-state index < -0.39 is 11.9 Å². The Balaban J connectivity index is 1.91. The number of esters is 2. The number of aliphatic imine (C=N–C) groups is 1. The number of methoxy groups -OCH3 is 1. The molecule has 2 heterocycles. The molecule has 122 valence electrons. The molecule has 24 heavy (non-hydrogen) atoms. The van der Waals surface area contributed by atoms with Crippen molar-refractivity contribution in [2.45, 2.75) is 13.8 Å². The van der Waals surface area contributed by atoms with E-state index in [2.05, 4.69) is 9.73 Å². The summed E-state index contributed by atoms with van der Waals surface area (Å²) in [7, 11) is 1.29. The summed E-state index contributed by atoms with van der Waals surface area (Å²) < 4.78 is 15.3. The van der Waals surface area contributed by atoms with Crippen LogP contribution in [-0.2, 0) is 14.3 Å². The van der Waals surface area contributed by atoms with Crippen LogP contribution in [0.2, 0.25) is 0 Å². The molecule has 3 rings (SSSR count). The Labute approximate surface area is 138 Å². The quantitative estimate of drug-likeness (QED) is 0.640. The molecule has 6 nitrogen and oxygen atoms in total. The molecule has 6 heteroatoms. The molecular formula is C18H15NO5. The van der Waals surface area contributed by atoms with Crippen LogP contribution in [-0.4, -0.2) is 24.9 Å². The second kappa shape index (κ2) is 6.16. The van der Waals surface area contributed by atoms with Crippen LogP contribution < -0.4 is 0 Å². The highest BCUT2D eigenvalue weighted by atomic mass is 16.6. The van der Waals surface area contributed by atoms with Crippen molar-refractivity contribution in [2.75, 3.05) is 7.11 Å². The number of furan rings is 1. The van der Waals surface area contributed by atoms with E-state index in [0.29, 0.717) is 22.6 Å². The van der Waals surface area contributed by atoms with Gasteiger partial charge in [0.15, 0.2) is 5.70 Å². The maximum absolute atomic E-state index is 12.0. The van der Waals surface area contributed by atoms with Gasteiger partial charge in [-0.05, 0) is 32.0 Å². The van der Waals surface area contributed by atoms with Gasteiger partial charge in [0, 0.05) is 11.6 Å². The van der Waals surface area contributed by atoms with E-state index in [9.17, 15) is 9.59 Å². The number of carbonyl (C=O) groups is 2. The largest absolute Gasteiger partial charge is 0.465 e. The average Bonchev–Trinajstić information content (AvgIpc) is 3.11. The van der Waals surface area contributed by atoms with E-state index in [1.807, 2.05) is 31.2 Å². The minimum atomic E-state index is -0.570. The van der Waals surface area contributed by atoms with Crippen LogP contribution >= 0.6 is 0 Å². The first-order valence-electron chi connectivity index (χ1n) is 7.26. The number of ether oxygens (including phenoxy) is 2. The van der Waals surface area contributed by atoms with Crippen LogP contribution in [0.5, 0.6) is 0 Å². The highest BCUT2D eigenvalue weighted by Crippen LogP contribution is 2.22. The van der Waals surface area contributed by atoms with Crippen molar-refractivity contribution in [3.05, 3.63) is 64.2 Å². The van der Waals surface area contributed by atoms with Gasteiger partial charge < -0.3 is 13.9 Å². The summed E-state index contributed by atoms with van der Waals surface area (Å²) in [6, 6.07) is 8.98. The van der Waals surface area contributed by atoms with Crippen molar-refractivity contribution in [1.82, 2.24) is 0 Å². The number of carbonyl (C=O) groups excluding carboxylic acids is 2.